The monoisotopic (exact) mass is 550 g/mol. The number of hydrogen-bond acceptors (Lipinski definition) is 7. The molecule has 0 saturated carbocycles. The highest BCUT2D eigenvalue weighted by molar-refractivity contribution is 7.92. The Hall–Kier alpha value is -3.83. The molecule has 5 rings (SSSR count). The van der Waals surface area contributed by atoms with Crippen LogP contribution < -0.4 is 9.46 Å². The highest BCUT2D eigenvalue weighted by atomic mass is 32.2. The average molecular weight is 551 g/mol. The molecule has 9 nitrogen and oxygen atoms in total. The third-order valence-corrected chi connectivity index (χ3v) is 8.29. The van der Waals surface area contributed by atoms with Crippen LogP contribution in [0.1, 0.15) is 35.4 Å². The van der Waals surface area contributed by atoms with Crippen molar-refractivity contribution in [2.24, 2.45) is 7.05 Å². The van der Waals surface area contributed by atoms with E-state index in [4.69, 9.17) is 4.74 Å². The summed E-state index contributed by atoms with van der Waals surface area (Å²) in [5.41, 5.74) is 3.89. The van der Waals surface area contributed by atoms with Crippen molar-refractivity contribution in [3.8, 4) is 22.9 Å². The molecular formula is C28H31FN6O3S. The summed E-state index contributed by atoms with van der Waals surface area (Å²) in [5, 5.41) is 3.94. The second-order valence-corrected chi connectivity index (χ2v) is 11.7. The van der Waals surface area contributed by atoms with E-state index in [1.807, 2.05) is 32.0 Å². The smallest absolute Gasteiger partial charge is 0.267 e. The van der Waals surface area contributed by atoms with Gasteiger partial charge in [0.2, 0.25) is 11.8 Å². The maximum absolute atomic E-state index is 14.8. The fourth-order valence-corrected chi connectivity index (χ4v) is 5.85. The lowest BCUT2D eigenvalue weighted by molar-refractivity contribution is 0.253. The molecule has 0 spiro atoms. The zero-order chi connectivity index (χ0) is 27.7. The van der Waals surface area contributed by atoms with Crippen LogP contribution in [0, 0.1) is 19.7 Å². The molecule has 0 aliphatic carbocycles. The van der Waals surface area contributed by atoms with E-state index in [1.54, 1.807) is 25.2 Å². The van der Waals surface area contributed by atoms with Crippen molar-refractivity contribution < 1.29 is 17.5 Å². The quantitative estimate of drug-likeness (QED) is 0.344. The lowest BCUT2D eigenvalue weighted by Gasteiger charge is -2.29. The summed E-state index contributed by atoms with van der Waals surface area (Å²) in [4.78, 5) is 11.1. The van der Waals surface area contributed by atoms with Gasteiger partial charge in [-0.15, -0.1) is 0 Å². The lowest BCUT2D eigenvalue weighted by Crippen LogP contribution is -2.29. The molecule has 204 valence electrons. The van der Waals surface area contributed by atoms with E-state index in [0.717, 1.165) is 42.6 Å². The Morgan fingerprint density at radius 2 is 1.74 bits per heavy atom. The highest BCUT2D eigenvalue weighted by Crippen LogP contribution is 2.35. The zero-order valence-electron chi connectivity index (χ0n) is 22.3. The summed E-state index contributed by atoms with van der Waals surface area (Å²) in [6.45, 7) is 5.72. The fourth-order valence-electron chi connectivity index (χ4n) is 4.92. The van der Waals surface area contributed by atoms with E-state index < -0.39 is 10.0 Å². The van der Waals surface area contributed by atoms with Crippen LogP contribution in [0.4, 0.5) is 10.3 Å². The summed E-state index contributed by atoms with van der Waals surface area (Å²) in [6.07, 6.45) is 4.36. The predicted molar refractivity (Wildman–Crippen MR) is 147 cm³/mol. The van der Waals surface area contributed by atoms with Gasteiger partial charge >= 0.3 is 0 Å². The van der Waals surface area contributed by atoms with Gasteiger partial charge in [-0.1, -0.05) is 18.2 Å². The van der Waals surface area contributed by atoms with Gasteiger partial charge < -0.3 is 9.64 Å². The molecule has 39 heavy (non-hydrogen) atoms. The number of nitrogens with zero attached hydrogens (tertiary/aromatic N) is 5. The normalized spacial score (nSPS) is 14.9. The number of hydrogen-bond donors (Lipinski definition) is 1. The summed E-state index contributed by atoms with van der Waals surface area (Å²) < 4.78 is 50.8. The number of aryl methyl sites for hydroxylation is 3. The van der Waals surface area contributed by atoms with Crippen molar-refractivity contribution in [1.82, 2.24) is 24.6 Å². The average Bonchev–Trinajstić information content (AvgIpc) is 3.33. The van der Waals surface area contributed by atoms with Crippen molar-refractivity contribution in [1.29, 1.82) is 0 Å². The largest absolute Gasteiger partial charge is 0.439 e. The Bertz CT molecular complexity index is 1590. The third-order valence-electron chi connectivity index (χ3n) is 7.01. The minimum atomic E-state index is -4.00. The molecule has 1 saturated heterocycles. The molecule has 11 heteroatoms. The van der Waals surface area contributed by atoms with E-state index in [0.29, 0.717) is 17.0 Å². The molecular weight excluding hydrogens is 519 g/mol. The lowest BCUT2D eigenvalue weighted by atomic mass is 9.89. The molecule has 3 heterocycles. The van der Waals surface area contributed by atoms with Gasteiger partial charge in [-0.2, -0.15) is 10.1 Å². The first-order valence-corrected chi connectivity index (χ1v) is 14.2. The molecule has 0 bridgehead atoms. The van der Waals surface area contributed by atoms with Crippen molar-refractivity contribution in [3.05, 3.63) is 77.4 Å². The summed E-state index contributed by atoms with van der Waals surface area (Å²) in [5.74, 6) is 0.236. The standard InChI is InChI=1S/C28H31FN6O3S/c1-18-6-5-7-19(2)27(18)25-15-26(32-28(31-25)33-39(36,37)22-16-30-35(4)17-22)38-21-8-9-24(29)23(14-21)20-10-12-34(3)13-11-20/h5-9,14-17,20H,10-13H2,1-4H3,(H,31,32,33). The Kier molecular flexibility index (Phi) is 7.37. The number of ether oxygens (including phenoxy) is 1. The first-order valence-electron chi connectivity index (χ1n) is 12.7. The first kappa shape index (κ1) is 26.8. The molecule has 1 aliphatic heterocycles. The second kappa shape index (κ2) is 10.7. The Labute approximate surface area is 227 Å². The van der Waals surface area contributed by atoms with E-state index in [2.05, 4.69) is 31.7 Å². The minimum Gasteiger partial charge on any atom is -0.439 e. The van der Waals surface area contributed by atoms with Gasteiger partial charge in [0.05, 0.1) is 11.9 Å². The number of rotatable bonds is 7. The van der Waals surface area contributed by atoms with Gasteiger partial charge in [-0.25, -0.2) is 22.5 Å². The van der Waals surface area contributed by atoms with Crippen molar-refractivity contribution in [3.63, 3.8) is 0 Å². The van der Waals surface area contributed by atoms with Gasteiger partial charge in [-0.3, -0.25) is 4.68 Å². The number of piperidine rings is 1. The maximum atomic E-state index is 14.8. The van der Waals surface area contributed by atoms with Crippen molar-refractivity contribution in [2.75, 3.05) is 24.9 Å². The van der Waals surface area contributed by atoms with Crippen LogP contribution in [0.25, 0.3) is 11.3 Å². The van der Waals surface area contributed by atoms with Crippen molar-refractivity contribution in [2.45, 2.75) is 37.5 Å². The Balaban J connectivity index is 1.53. The molecule has 2 aromatic heterocycles. The van der Waals surface area contributed by atoms with Gasteiger partial charge in [0.15, 0.2) is 0 Å². The molecule has 2 aromatic carbocycles. The van der Waals surface area contributed by atoms with Crippen LogP contribution >= 0.6 is 0 Å². The first-order chi connectivity index (χ1) is 18.6. The Morgan fingerprint density at radius 1 is 1.03 bits per heavy atom. The predicted octanol–water partition coefficient (Wildman–Crippen LogP) is 5.04. The highest BCUT2D eigenvalue weighted by Gasteiger charge is 2.23. The fraction of sp³-hybridized carbons (Fsp3) is 0.321. The van der Waals surface area contributed by atoms with E-state index >= 15 is 0 Å². The molecule has 0 radical (unpaired) electrons. The maximum Gasteiger partial charge on any atom is 0.267 e. The minimum absolute atomic E-state index is 0.0187. The van der Waals surface area contributed by atoms with Crippen molar-refractivity contribution >= 4 is 16.0 Å². The van der Waals surface area contributed by atoms with Gasteiger partial charge in [0.25, 0.3) is 10.0 Å². The van der Waals surface area contributed by atoms with Crippen LogP contribution in [0.3, 0.4) is 0 Å². The zero-order valence-corrected chi connectivity index (χ0v) is 23.2. The van der Waals surface area contributed by atoms with E-state index in [-0.39, 0.29) is 28.5 Å². The second-order valence-electron chi connectivity index (χ2n) is 10.00. The van der Waals surface area contributed by atoms with Gasteiger partial charge in [-0.05, 0) is 87.6 Å². The number of nitrogens with one attached hydrogen (secondary N) is 1. The molecule has 1 N–H and O–H groups in total. The molecule has 0 atom stereocenters. The number of aromatic nitrogens is 4. The SMILES string of the molecule is Cc1cccc(C)c1-c1cc(Oc2ccc(F)c(C3CCN(C)CC3)c2)nc(NS(=O)(=O)c2cnn(C)c2)n1. The van der Waals surface area contributed by atoms with E-state index in [9.17, 15) is 12.8 Å². The number of anilines is 1. The van der Waals surface area contributed by atoms with Crippen LogP contribution in [0.15, 0.2) is 59.8 Å². The number of halogens is 1. The third kappa shape index (κ3) is 5.94. The van der Waals surface area contributed by atoms with Gasteiger partial charge in [0.1, 0.15) is 16.5 Å². The van der Waals surface area contributed by atoms with Crippen LogP contribution in [0.2, 0.25) is 0 Å². The van der Waals surface area contributed by atoms with Crippen LogP contribution in [-0.2, 0) is 17.1 Å². The van der Waals surface area contributed by atoms with E-state index in [1.165, 1.54) is 23.1 Å². The Morgan fingerprint density at radius 3 is 2.41 bits per heavy atom. The number of sulfonamides is 1. The van der Waals surface area contributed by atoms with Gasteiger partial charge in [0, 0.05) is 24.9 Å². The molecule has 1 aliphatic rings. The molecule has 0 amide bonds. The molecule has 0 unspecified atom stereocenters. The molecule has 1 fully saturated rings. The number of benzene rings is 2. The van der Waals surface area contributed by atoms with Crippen LogP contribution in [-0.4, -0.2) is 53.2 Å². The topological polar surface area (TPSA) is 102 Å². The summed E-state index contributed by atoms with van der Waals surface area (Å²) in [7, 11) is -0.305. The number of likely N-dealkylation sites (tertiary alicyclic amines) is 1. The molecule has 4 aromatic rings. The van der Waals surface area contributed by atoms with Crippen LogP contribution in [0.5, 0.6) is 11.6 Å². The summed E-state index contributed by atoms with van der Waals surface area (Å²) in [6, 6.07) is 12.2. The summed E-state index contributed by atoms with van der Waals surface area (Å²) >= 11 is 0.